The van der Waals surface area contributed by atoms with Crippen molar-refractivity contribution in [2.45, 2.75) is 128 Å². The van der Waals surface area contributed by atoms with Crippen molar-refractivity contribution in [3.63, 3.8) is 0 Å². The predicted octanol–water partition coefficient (Wildman–Crippen LogP) is 6.34. The third-order valence-corrected chi connectivity index (χ3v) is 18.4. The Morgan fingerprint density at radius 1 is 0.714 bits per heavy atom. The number of piperidine rings is 2. The number of nitrogens with zero attached hydrogens (tertiary/aromatic N) is 4. The molecule has 4 heterocycles. The lowest BCUT2D eigenvalue weighted by atomic mass is 9.86. The molecule has 384 valence electrons. The fourth-order valence-corrected chi connectivity index (χ4v) is 13.8. The summed E-state index contributed by atoms with van der Waals surface area (Å²) in [6.07, 6.45) is 4.45. The summed E-state index contributed by atoms with van der Waals surface area (Å²) < 4.78 is 112. The van der Waals surface area contributed by atoms with E-state index in [1.54, 1.807) is 4.90 Å². The fraction of sp³-hybridized carbons (Fsp3) is 0.583. The Morgan fingerprint density at radius 2 is 1.29 bits per heavy atom. The van der Waals surface area contributed by atoms with Crippen LogP contribution >= 0.6 is 11.6 Å². The molecule has 0 aromatic heterocycles. The molecule has 3 N–H and O–H groups in total. The number of ether oxygens (including phenoxy) is 4. The van der Waals surface area contributed by atoms with Crippen LogP contribution in [0.3, 0.4) is 0 Å². The van der Waals surface area contributed by atoms with Crippen LogP contribution in [0.5, 0.6) is 5.75 Å². The molecule has 3 aromatic carbocycles. The SMILES string of the molecule is O=C(OC[C@H]1COC[C@@H](c2cc(F)cc(F)c2)N1S(=O)(=O)c1ccc(O)cc1)N1CCC(O)(CCCCCC[C@@H]2COC[C@H](C3(OC(=O)N4CCC(O)CC4)CC3)N2S(=O)(=O)c2ccc(Cl)cc2)CC1. The Kier molecular flexibility index (Phi) is 16.3. The van der Waals surface area contributed by atoms with Crippen LogP contribution in [0.4, 0.5) is 18.4 Å². The molecule has 0 radical (unpaired) electrons. The molecule has 70 heavy (non-hydrogen) atoms. The van der Waals surface area contributed by atoms with Crippen LogP contribution in [-0.4, -0.2) is 157 Å². The van der Waals surface area contributed by atoms with Gasteiger partial charge in [-0.25, -0.2) is 35.2 Å². The van der Waals surface area contributed by atoms with E-state index in [9.17, 15) is 50.5 Å². The summed E-state index contributed by atoms with van der Waals surface area (Å²) in [5.41, 5.74) is -2.09. The zero-order valence-electron chi connectivity index (χ0n) is 38.8. The molecular weight excluding hydrogens is 978 g/mol. The van der Waals surface area contributed by atoms with E-state index >= 15 is 0 Å². The molecule has 17 nitrogen and oxygen atoms in total. The molecule has 1 aliphatic carbocycles. The molecule has 4 atom stereocenters. The third kappa shape index (κ3) is 12.0. The number of hydrogen-bond acceptors (Lipinski definition) is 13. The number of sulfonamides is 2. The highest BCUT2D eigenvalue weighted by molar-refractivity contribution is 7.89. The molecule has 3 aromatic rings. The maximum absolute atomic E-state index is 14.5. The van der Waals surface area contributed by atoms with Gasteiger partial charge in [-0.1, -0.05) is 37.3 Å². The highest BCUT2D eigenvalue weighted by atomic mass is 35.5. The summed E-state index contributed by atoms with van der Waals surface area (Å²) in [6, 6.07) is 9.96. The van der Waals surface area contributed by atoms with Crippen LogP contribution in [0, 0.1) is 11.6 Å². The predicted molar refractivity (Wildman–Crippen MR) is 250 cm³/mol. The van der Waals surface area contributed by atoms with Crippen molar-refractivity contribution in [1.82, 2.24) is 18.4 Å². The molecular formula is C48H61ClF2N4O13S2. The summed E-state index contributed by atoms with van der Waals surface area (Å²) in [5, 5.41) is 31.7. The topological polar surface area (TPSA) is 213 Å². The Labute approximate surface area is 412 Å². The lowest BCUT2D eigenvalue weighted by Crippen LogP contribution is -2.61. The number of aromatic hydroxyl groups is 1. The minimum atomic E-state index is -4.39. The quantitative estimate of drug-likeness (QED) is 0.134. The number of benzene rings is 3. The summed E-state index contributed by atoms with van der Waals surface area (Å²) in [5.74, 6) is -1.98. The van der Waals surface area contributed by atoms with Crippen molar-refractivity contribution < 1.29 is 69.5 Å². The van der Waals surface area contributed by atoms with E-state index in [1.165, 1.54) is 57.7 Å². The van der Waals surface area contributed by atoms with E-state index in [0.717, 1.165) is 29.3 Å². The van der Waals surface area contributed by atoms with Crippen molar-refractivity contribution in [3.8, 4) is 5.75 Å². The van der Waals surface area contributed by atoms with Crippen LogP contribution < -0.4 is 0 Å². The van der Waals surface area contributed by atoms with Crippen molar-refractivity contribution in [1.29, 1.82) is 0 Å². The van der Waals surface area contributed by atoms with Gasteiger partial charge in [-0.15, -0.1) is 0 Å². The van der Waals surface area contributed by atoms with Crippen LogP contribution in [0.15, 0.2) is 76.5 Å². The maximum Gasteiger partial charge on any atom is 0.410 e. The van der Waals surface area contributed by atoms with Gasteiger partial charge in [0.15, 0.2) is 0 Å². The Hall–Kier alpha value is -4.19. The van der Waals surface area contributed by atoms with Gasteiger partial charge in [0.1, 0.15) is 29.6 Å². The van der Waals surface area contributed by atoms with Gasteiger partial charge >= 0.3 is 12.2 Å². The second-order valence-electron chi connectivity index (χ2n) is 19.1. The van der Waals surface area contributed by atoms with E-state index in [-0.39, 0.29) is 73.5 Å². The molecule has 5 aliphatic rings. The lowest BCUT2D eigenvalue weighted by Gasteiger charge is -2.44. The standard InChI is InChI=1S/C48H61ClF2N4O13S2/c49-34-6-10-41(11-7-34)70(63,64)55-37(28-66-32-44(55)48(17-18-48)68-46(59)52-21-14-40(57)15-22-52)5-3-1-2-4-16-47(60)19-23-53(24-20-47)45(58)67-30-38-29-65-31-43(33-25-35(50)27-36(51)26-33)54(38)69(61,62)42-12-8-39(56)9-13-42/h6-13,25-27,37-38,40,43-44,56-57,60H,1-5,14-24,28-32H2/t37-,38-,43+,44-/m1/s1. The largest absolute Gasteiger partial charge is 0.508 e. The summed E-state index contributed by atoms with van der Waals surface area (Å²) in [6.45, 7) is 0.430. The van der Waals surface area contributed by atoms with Gasteiger partial charge in [-0.05, 0) is 118 Å². The first-order valence-electron chi connectivity index (χ1n) is 23.9. The molecule has 2 amide bonds. The molecule has 0 bridgehead atoms. The Bertz CT molecular complexity index is 2510. The van der Waals surface area contributed by atoms with Crippen LogP contribution in [0.1, 0.15) is 88.7 Å². The molecule has 1 saturated carbocycles. The molecule has 4 saturated heterocycles. The first kappa shape index (κ1) is 52.1. The van der Waals surface area contributed by atoms with E-state index in [2.05, 4.69) is 0 Å². The number of aliphatic hydroxyl groups is 2. The van der Waals surface area contributed by atoms with Gasteiger partial charge in [0.05, 0.1) is 66.0 Å². The summed E-state index contributed by atoms with van der Waals surface area (Å²) in [4.78, 5) is 29.6. The normalized spacial score (nSPS) is 24.5. The number of rotatable bonds is 16. The maximum atomic E-state index is 14.5. The third-order valence-electron chi connectivity index (χ3n) is 14.2. The second-order valence-corrected chi connectivity index (χ2v) is 23.2. The minimum Gasteiger partial charge on any atom is -0.508 e. The van der Waals surface area contributed by atoms with Gasteiger partial charge in [0.2, 0.25) is 20.0 Å². The zero-order chi connectivity index (χ0) is 49.8. The van der Waals surface area contributed by atoms with Crippen LogP contribution in [-0.2, 0) is 39.0 Å². The molecule has 22 heteroatoms. The molecule has 0 spiro atoms. The average Bonchev–Trinajstić information content (AvgIpc) is 4.12. The molecule has 4 aliphatic heterocycles. The monoisotopic (exact) mass is 1040 g/mol. The van der Waals surface area contributed by atoms with Gasteiger partial charge in [-0.2, -0.15) is 8.61 Å². The van der Waals surface area contributed by atoms with Gasteiger partial charge < -0.3 is 44.1 Å². The molecule has 8 rings (SSSR count). The van der Waals surface area contributed by atoms with Crippen molar-refractivity contribution in [2.75, 3.05) is 59.2 Å². The lowest BCUT2D eigenvalue weighted by molar-refractivity contribution is -0.0745. The van der Waals surface area contributed by atoms with Crippen molar-refractivity contribution in [3.05, 3.63) is 89.0 Å². The number of carbonyl (C=O) groups excluding carboxylic acids is 2. The second kappa shape index (κ2) is 21.9. The number of amides is 2. The fourth-order valence-electron chi connectivity index (χ4n) is 10.1. The van der Waals surface area contributed by atoms with E-state index < -0.39 is 91.9 Å². The van der Waals surface area contributed by atoms with Gasteiger partial charge in [0, 0.05) is 43.3 Å². The number of phenolic OH excluding ortho intramolecular Hbond substituents is 1. The number of phenols is 1. The number of halogens is 3. The van der Waals surface area contributed by atoms with E-state index in [1.807, 2.05) is 0 Å². The number of aliphatic hydroxyl groups excluding tert-OH is 1. The van der Waals surface area contributed by atoms with Gasteiger partial charge in [0.25, 0.3) is 0 Å². The summed E-state index contributed by atoms with van der Waals surface area (Å²) >= 11 is 6.13. The number of morpholine rings is 2. The molecule has 5 fully saturated rings. The average molecular weight is 1040 g/mol. The van der Waals surface area contributed by atoms with Crippen molar-refractivity contribution in [2.24, 2.45) is 0 Å². The van der Waals surface area contributed by atoms with Crippen LogP contribution in [0.25, 0.3) is 0 Å². The van der Waals surface area contributed by atoms with E-state index in [4.69, 9.17) is 30.5 Å². The molecule has 0 unspecified atom stereocenters. The Balaban J connectivity index is 0.830. The first-order valence-corrected chi connectivity index (χ1v) is 27.2. The van der Waals surface area contributed by atoms with Crippen LogP contribution in [0.2, 0.25) is 5.02 Å². The highest BCUT2D eigenvalue weighted by Gasteiger charge is 2.60. The zero-order valence-corrected chi connectivity index (χ0v) is 41.1. The highest BCUT2D eigenvalue weighted by Crippen LogP contribution is 2.49. The number of unbranched alkanes of at least 4 members (excludes halogenated alkanes) is 3. The number of likely N-dealkylation sites (tertiary alicyclic amines) is 2. The van der Waals surface area contributed by atoms with Gasteiger partial charge in [-0.3, -0.25) is 0 Å². The van der Waals surface area contributed by atoms with E-state index in [0.29, 0.717) is 75.5 Å². The minimum absolute atomic E-state index is 0.00508. The summed E-state index contributed by atoms with van der Waals surface area (Å²) in [7, 11) is -8.48. The Morgan fingerprint density at radius 3 is 1.93 bits per heavy atom. The number of carbonyl (C=O) groups is 2. The van der Waals surface area contributed by atoms with Crippen molar-refractivity contribution >= 4 is 43.8 Å². The number of hydrogen-bond donors (Lipinski definition) is 3. The first-order chi connectivity index (χ1) is 33.4. The smallest absolute Gasteiger partial charge is 0.410 e.